The smallest absolute Gasteiger partial charge is 0.294 e. The highest BCUT2D eigenvalue weighted by atomic mass is 35.5. The molecule has 24 heavy (non-hydrogen) atoms. The standard InChI is InChI=1S/C18H21Cl2N3O/c1-4-14(5-2)23-10-11(3)21-17(18(23)24)22-7-6-12-8-13(19)9-15(20)16(12)22/h8-10,14H,4-7H2,1-3H3. The normalized spacial score (nSPS) is 13.7. The number of nitrogens with zero attached hydrogens (tertiary/aromatic N) is 3. The number of hydrogen-bond donors (Lipinski definition) is 0. The Labute approximate surface area is 152 Å². The lowest BCUT2D eigenvalue weighted by atomic mass is 10.1. The van der Waals surface area contributed by atoms with Crippen molar-refractivity contribution in [2.45, 2.75) is 46.1 Å². The Morgan fingerprint density at radius 1 is 1.25 bits per heavy atom. The molecule has 2 aromatic rings. The molecule has 1 aliphatic heterocycles. The highest BCUT2D eigenvalue weighted by Gasteiger charge is 2.28. The van der Waals surface area contributed by atoms with E-state index >= 15 is 0 Å². The van der Waals surface area contributed by atoms with Crippen molar-refractivity contribution in [3.8, 4) is 0 Å². The van der Waals surface area contributed by atoms with E-state index in [0.29, 0.717) is 22.4 Å². The molecule has 3 rings (SSSR count). The van der Waals surface area contributed by atoms with E-state index in [0.717, 1.165) is 36.2 Å². The third-order valence-corrected chi connectivity index (χ3v) is 5.11. The highest BCUT2D eigenvalue weighted by molar-refractivity contribution is 6.36. The number of aryl methyl sites for hydroxylation is 1. The number of fused-ring (bicyclic) bond motifs is 1. The Morgan fingerprint density at radius 3 is 2.62 bits per heavy atom. The zero-order valence-corrected chi connectivity index (χ0v) is 15.7. The second-order valence-electron chi connectivity index (χ2n) is 6.19. The van der Waals surface area contributed by atoms with Gasteiger partial charge < -0.3 is 9.47 Å². The molecule has 6 heteroatoms. The van der Waals surface area contributed by atoms with E-state index in [1.807, 2.05) is 28.7 Å². The van der Waals surface area contributed by atoms with E-state index in [2.05, 4.69) is 18.8 Å². The monoisotopic (exact) mass is 365 g/mol. The molecule has 0 fully saturated rings. The number of anilines is 2. The Morgan fingerprint density at radius 2 is 1.96 bits per heavy atom. The van der Waals surface area contributed by atoms with Crippen LogP contribution < -0.4 is 10.5 Å². The first-order valence-electron chi connectivity index (χ1n) is 8.31. The van der Waals surface area contributed by atoms with Crippen molar-refractivity contribution >= 4 is 34.7 Å². The minimum atomic E-state index is -0.0619. The quantitative estimate of drug-likeness (QED) is 0.771. The molecule has 4 nitrogen and oxygen atoms in total. The van der Waals surface area contributed by atoms with E-state index in [1.54, 1.807) is 6.07 Å². The lowest BCUT2D eigenvalue weighted by Crippen LogP contribution is -2.32. The minimum Gasteiger partial charge on any atom is -0.320 e. The number of halogens is 2. The fraction of sp³-hybridized carbons (Fsp3) is 0.444. The second kappa shape index (κ2) is 6.77. The SMILES string of the molecule is CCC(CC)n1cc(C)nc(N2CCc3cc(Cl)cc(Cl)c32)c1=O. The summed E-state index contributed by atoms with van der Waals surface area (Å²) in [5.74, 6) is 0.449. The van der Waals surface area contributed by atoms with Crippen LogP contribution in [-0.2, 0) is 6.42 Å². The van der Waals surface area contributed by atoms with E-state index < -0.39 is 0 Å². The fourth-order valence-electron chi connectivity index (χ4n) is 3.42. The maximum Gasteiger partial charge on any atom is 0.294 e. The van der Waals surface area contributed by atoms with Gasteiger partial charge in [0, 0.05) is 23.8 Å². The van der Waals surface area contributed by atoms with Crippen LogP contribution in [0.3, 0.4) is 0 Å². The Hall–Kier alpha value is -1.52. The van der Waals surface area contributed by atoms with Gasteiger partial charge in [-0.15, -0.1) is 0 Å². The van der Waals surface area contributed by atoms with Gasteiger partial charge in [-0.1, -0.05) is 37.0 Å². The van der Waals surface area contributed by atoms with Crippen molar-refractivity contribution in [1.82, 2.24) is 9.55 Å². The van der Waals surface area contributed by atoms with Crippen LogP contribution in [0.2, 0.25) is 10.0 Å². The maximum atomic E-state index is 13.0. The Bertz CT molecular complexity index is 828. The highest BCUT2D eigenvalue weighted by Crippen LogP contribution is 2.40. The Kier molecular flexibility index (Phi) is 4.88. The summed E-state index contributed by atoms with van der Waals surface area (Å²) in [7, 11) is 0. The molecule has 1 aromatic heterocycles. The summed E-state index contributed by atoms with van der Waals surface area (Å²) in [6.07, 6.45) is 4.47. The molecule has 2 heterocycles. The second-order valence-corrected chi connectivity index (χ2v) is 7.03. The topological polar surface area (TPSA) is 38.1 Å². The number of rotatable bonds is 4. The molecule has 0 N–H and O–H groups in total. The first-order chi connectivity index (χ1) is 11.5. The van der Waals surface area contributed by atoms with Crippen LogP contribution in [0.25, 0.3) is 0 Å². The van der Waals surface area contributed by atoms with Gasteiger partial charge in [-0.25, -0.2) is 4.98 Å². The van der Waals surface area contributed by atoms with Gasteiger partial charge in [0.15, 0.2) is 5.82 Å². The van der Waals surface area contributed by atoms with Crippen LogP contribution >= 0.6 is 23.2 Å². The first kappa shape index (κ1) is 17.3. The lowest BCUT2D eigenvalue weighted by molar-refractivity contribution is 0.455. The van der Waals surface area contributed by atoms with E-state index in [4.69, 9.17) is 23.2 Å². The first-order valence-corrected chi connectivity index (χ1v) is 9.07. The number of hydrogen-bond acceptors (Lipinski definition) is 3. The largest absolute Gasteiger partial charge is 0.320 e. The molecule has 128 valence electrons. The summed E-state index contributed by atoms with van der Waals surface area (Å²) in [4.78, 5) is 19.5. The summed E-state index contributed by atoms with van der Waals surface area (Å²) in [5.41, 5.74) is 2.68. The molecular formula is C18H21Cl2N3O. The van der Waals surface area contributed by atoms with Gasteiger partial charge in [0.1, 0.15) is 0 Å². The number of aromatic nitrogens is 2. The van der Waals surface area contributed by atoms with Gasteiger partial charge in [-0.2, -0.15) is 0 Å². The van der Waals surface area contributed by atoms with E-state index in [-0.39, 0.29) is 11.6 Å². The average molecular weight is 366 g/mol. The average Bonchev–Trinajstić information content (AvgIpc) is 2.95. The van der Waals surface area contributed by atoms with Crippen LogP contribution in [0.1, 0.15) is 44.0 Å². The molecule has 0 saturated heterocycles. The van der Waals surface area contributed by atoms with Gasteiger partial charge in [0.05, 0.1) is 16.4 Å². The van der Waals surface area contributed by atoms with Gasteiger partial charge in [0.2, 0.25) is 0 Å². The van der Waals surface area contributed by atoms with Gasteiger partial charge in [0.25, 0.3) is 5.56 Å². The lowest BCUT2D eigenvalue weighted by Gasteiger charge is -2.23. The van der Waals surface area contributed by atoms with Crippen molar-refractivity contribution in [1.29, 1.82) is 0 Å². The fourth-order valence-corrected chi connectivity index (χ4v) is 4.05. The van der Waals surface area contributed by atoms with Crippen LogP contribution in [0.4, 0.5) is 11.5 Å². The van der Waals surface area contributed by atoms with Gasteiger partial charge >= 0.3 is 0 Å². The molecule has 1 aliphatic rings. The summed E-state index contributed by atoms with van der Waals surface area (Å²) < 4.78 is 1.82. The van der Waals surface area contributed by atoms with Crippen LogP contribution in [0.15, 0.2) is 23.1 Å². The molecule has 0 amide bonds. The predicted molar refractivity (Wildman–Crippen MR) is 100 cm³/mol. The number of benzene rings is 1. The van der Waals surface area contributed by atoms with Gasteiger partial charge in [-0.3, -0.25) is 4.79 Å². The van der Waals surface area contributed by atoms with Crippen LogP contribution in [-0.4, -0.2) is 16.1 Å². The molecule has 0 radical (unpaired) electrons. The Balaban J connectivity index is 2.15. The molecule has 1 aromatic carbocycles. The van der Waals surface area contributed by atoms with Crippen molar-refractivity contribution in [3.63, 3.8) is 0 Å². The van der Waals surface area contributed by atoms with Crippen molar-refractivity contribution < 1.29 is 0 Å². The maximum absolute atomic E-state index is 13.0. The van der Waals surface area contributed by atoms with E-state index in [9.17, 15) is 4.79 Å². The van der Waals surface area contributed by atoms with Crippen molar-refractivity contribution in [2.24, 2.45) is 0 Å². The summed E-state index contributed by atoms with van der Waals surface area (Å²) in [5, 5.41) is 1.18. The molecule has 0 spiro atoms. The van der Waals surface area contributed by atoms with Crippen LogP contribution in [0, 0.1) is 6.92 Å². The summed E-state index contributed by atoms with van der Waals surface area (Å²) in [6.45, 7) is 6.80. The van der Waals surface area contributed by atoms with E-state index in [1.165, 1.54) is 0 Å². The third kappa shape index (κ3) is 2.93. The molecule has 0 aliphatic carbocycles. The predicted octanol–water partition coefficient (Wildman–Crippen LogP) is 4.91. The van der Waals surface area contributed by atoms with Crippen molar-refractivity contribution in [3.05, 3.63) is 50.0 Å². The minimum absolute atomic E-state index is 0.0619. The molecule has 0 bridgehead atoms. The van der Waals surface area contributed by atoms with Crippen LogP contribution in [0.5, 0.6) is 0 Å². The molecular weight excluding hydrogens is 345 g/mol. The molecule has 0 unspecified atom stereocenters. The summed E-state index contributed by atoms with van der Waals surface area (Å²) >= 11 is 12.5. The molecule has 0 saturated carbocycles. The molecule has 0 atom stereocenters. The third-order valence-electron chi connectivity index (χ3n) is 4.61. The zero-order chi connectivity index (χ0) is 17.4. The van der Waals surface area contributed by atoms with Crippen molar-refractivity contribution in [2.75, 3.05) is 11.4 Å². The summed E-state index contributed by atoms with van der Waals surface area (Å²) in [6, 6.07) is 3.81. The van der Waals surface area contributed by atoms with Gasteiger partial charge in [-0.05, 0) is 43.9 Å². The zero-order valence-electron chi connectivity index (χ0n) is 14.1.